The smallest absolute Gasteiger partial charge is 0.212 e. The van der Waals surface area contributed by atoms with E-state index in [-0.39, 0.29) is 17.4 Å². The van der Waals surface area contributed by atoms with Crippen LogP contribution in [0, 0.1) is 5.41 Å². The molecule has 82 valence electrons. The lowest BCUT2D eigenvalue weighted by atomic mass is 9.90. The largest absolute Gasteiger partial charge is 0.481 e. The van der Waals surface area contributed by atoms with Gasteiger partial charge in [-0.3, -0.25) is 0 Å². The van der Waals surface area contributed by atoms with Crippen LogP contribution in [0.1, 0.15) is 25.8 Å². The van der Waals surface area contributed by atoms with Crippen LogP contribution in [0.3, 0.4) is 0 Å². The zero-order valence-electron chi connectivity index (χ0n) is 9.45. The lowest BCUT2D eigenvalue weighted by Gasteiger charge is -2.17. The maximum Gasteiger partial charge on any atom is 0.212 e. The van der Waals surface area contributed by atoms with Gasteiger partial charge in [0.05, 0.1) is 13.7 Å². The van der Waals surface area contributed by atoms with Crippen molar-refractivity contribution < 1.29 is 9.84 Å². The monoisotopic (exact) mass is 207 g/mol. The average Bonchev–Trinajstić information content (AvgIpc) is 2.82. The maximum absolute atomic E-state index is 9.51. The molecule has 1 N–H and O–H groups in total. The Morgan fingerprint density at radius 2 is 2.13 bits per heavy atom. The number of ether oxygens (including phenoxy) is 1. The van der Waals surface area contributed by atoms with Gasteiger partial charge < -0.3 is 9.84 Å². The van der Waals surface area contributed by atoms with Crippen LogP contribution in [0.15, 0.2) is 18.3 Å². The maximum atomic E-state index is 9.51. The van der Waals surface area contributed by atoms with Crippen molar-refractivity contribution in [2.45, 2.75) is 25.7 Å². The first-order valence-electron chi connectivity index (χ1n) is 5.17. The molecular formula is C12H17NO2. The molecule has 3 heteroatoms. The van der Waals surface area contributed by atoms with E-state index >= 15 is 0 Å². The molecule has 0 aromatic carbocycles. The summed E-state index contributed by atoms with van der Waals surface area (Å²) in [5, 5.41) is 9.51. The third kappa shape index (κ3) is 1.42. The van der Waals surface area contributed by atoms with Crippen molar-refractivity contribution in [3.05, 3.63) is 23.9 Å². The second kappa shape index (κ2) is 3.20. The Morgan fingerprint density at radius 3 is 2.47 bits per heavy atom. The lowest BCUT2D eigenvalue weighted by molar-refractivity contribution is 0.231. The zero-order valence-corrected chi connectivity index (χ0v) is 9.45. The van der Waals surface area contributed by atoms with Gasteiger partial charge in [0.1, 0.15) is 0 Å². The van der Waals surface area contributed by atoms with Crippen LogP contribution in [0.2, 0.25) is 0 Å². The van der Waals surface area contributed by atoms with Crippen LogP contribution in [0.4, 0.5) is 0 Å². The number of hydrogen-bond acceptors (Lipinski definition) is 3. The minimum atomic E-state index is -0.0910. The fourth-order valence-electron chi connectivity index (χ4n) is 2.35. The topological polar surface area (TPSA) is 42.4 Å². The number of aromatic nitrogens is 1. The molecular weight excluding hydrogens is 190 g/mol. The van der Waals surface area contributed by atoms with Crippen LogP contribution >= 0.6 is 0 Å². The predicted molar refractivity (Wildman–Crippen MR) is 58.0 cm³/mol. The molecule has 1 aliphatic rings. The van der Waals surface area contributed by atoms with Gasteiger partial charge in [-0.25, -0.2) is 4.98 Å². The van der Waals surface area contributed by atoms with Crippen LogP contribution in [0.5, 0.6) is 5.88 Å². The summed E-state index contributed by atoms with van der Waals surface area (Å²) in [5.41, 5.74) is 1.19. The SMILES string of the molecule is COc1ccc(C2(CO)CC2(C)C)cn1. The Morgan fingerprint density at radius 1 is 1.47 bits per heavy atom. The van der Waals surface area contributed by atoms with Crippen molar-refractivity contribution in [3.8, 4) is 5.88 Å². The molecule has 1 aromatic heterocycles. The van der Waals surface area contributed by atoms with Crippen LogP contribution in [-0.2, 0) is 5.41 Å². The number of hydrogen-bond donors (Lipinski definition) is 1. The van der Waals surface area contributed by atoms with Gasteiger partial charge in [0, 0.05) is 17.7 Å². The van der Waals surface area contributed by atoms with Crippen molar-refractivity contribution in [1.29, 1.82) is 0 Å². The molecule has 1 heterocycles. The van der Waals surface area contributed by atoms with E-state index in [1.165, 1.54) is 0 Å². The lowest BCUT2D eigenvalue weighted by Crippen LogP contribution is -2.19. The third-order valence-electron chi connectivity index (χ3n) is 3.68. The summed E-state index contributed by atoms with van der Waals surface area (Å²) in [6.07, 6.45) is 2.83. The van der Waals surface area contributed by atoms with E-state index in [0.717, 1.165) is 12.0 Å². The first kappa shape index (κ1) is 10.4. The number of aliphatic hydroxyl groups is 1. The molecule has 0 amide bonds. The van der Waals surface area contributed by atoms with Crippen molar-refractivity contribution in [2.75, 3.05) is 13.7 Å². The molecule has 1 saturated carbocycles. The molecule has 3 nitrogen and oxygen atoms in total. The average molecular weight is 207 g/mol. The molecule has 1 atom stereocenters. The van der Waals surface area contributed by atoms with E-state index in [9.17, 15) is 5.11 Å². The number of rotatable bonds is 3. The van der Waals surface area contributed by atoms with E-state index in [0.29, 0.717) is 5.88 Å². The van der Waals surface area contributed by atoms with Crippen LogP contribution < -0.4 is 4.74 Å². The Labute approximate surface area is 90.1 Å². The Hall–Kier alpha value is -1.09. The molecule has 0 spiro atoms. The van der Waals surface area contributed by atoms with Gasteiger partial charge in [-0.05, 0) is 17.4 Å². The van der Waals surface area contributed by atoms with Crippen molar-refractivity contribution in [3.63, 3.8) is 0 Å². The number of aliphatic hydroxyl groups excluding tert-OH is 1. The van der Waals surface area contributed by atoms with Crippen molar-refractivity contribution >= 4 is 0 Å². The first-order chi connectivity index (χ1) is 7.05. The van der Waals surface area contributed by atoms with Crippen LogP contribution in [0.25, 0.3) is 0 Å². The highest BCUT2D eigenvalue weighted by atomic mass is 16.5. The Balaban J connectivity index is 2.30. The van der Waals surface area contributed by atoms with Gasteiger partial charge in [0.15, 0.2) is 0 Å². The molecule has 1 unspecified atom stereocenters. The fraction of sp³-hybridized carbons (Fsp3) is 0.583. The summed E-state index contributed by atoms with van der Waals surface area (Å²) in [7, 11) is 1.60. The molecule has 0 saturated heterocycles. The summed E-state index contributed by atoms with van der Waals surface area (Å²) in [6.45, 7) is 4.54. The third-order valence-corrected chi connectivity index (χ3v) is 3.68. The minimum Gasteiger partial charge on any atom is -0.481 e. The fourth-order valence-corrected chi connectivity index (χ4v) is 2.35. The van der Waals surface area contributed by atoms with E-state index in [1.807, 2.05) is 18.3 Å². The quantitative estimate of drug-likeness (QED) is 0.821. The van der Waals surface area contributed by atoms with Gasteiger partial charge in [-0.1, -0.05) is 19.9 Å². The van der Waals surface area contributed by atoms with Crippen LogP contribution in [-0.4, -0.2) is 23.8 Å². The van der Waals surface area contributed by atoms with E-state index in [1.54, 1.807) is 7.11 Å². The molecule has 1 aliphatic carbocycles. The highest BCUT2D eigenvalue weighted by Gasteiger charge is 2.61. The Bertz CT molecular complexity index is 358. The molecule has 0 aliphatic heterocycles. The van der Waals surface area contributed by atoms with Gasteiger partial charge in [0.2, 0.25) is 5.88 Å². The Kier molecular flexibility index (Phi) is 2.23. The molecule has 0 radical (unpaired) electrons. The highest BCUT2D eigenvalue weighted by Crippen LogP contribution is 2.63. The molecule has 2 rings (SSSR count). The van der Waals surface area contributed by atoms with Gasteiger partial charge in [-0.2, -0.15) is 0 Å². The van der Waals surface area contributed by atoms with Gasteiger partial charge >= 0.3 is 0 Å². The molecule has 1 fully saturated rings. The number of pyridine rings is 1. The highest BCUT2D eigenvalue weighted by molar-refractivity contribution is 5.36. The van der Waals surface area contributed by atoms with Crippen molar-refractivity contribution in [1.82, 2.24) is 4.98 Å². The molecule has 1 aromatic rings. The van der Waals surface area contributed by atoms with Gasteiger partial charge in [0.25, 0.3) is 0 Å². The number of methoxy groups -OCH3 is 1. The van der Waals surface area contributed by atoms with Gasteiger partial charge in [-0.15, -0.1) is 0 Å². The van der Waals surface area contributed by atoms with Crippen molar-refractivity contribution in [2.24, 2.45) is 5.41 Å². The zero-order chi connectivity index (χ0) is 11.1. The summed E-state index contributed by atoms with van der Waals surface area (Å²) >= 11 is 0. The van der Waals surface area contributed by atoms with E-state index in [2.05, 4.69) is 18.8 Å². The summed E-state index contributed by atoms with van der Waals surface area (Å²) in [6, 6.07) is 3.85. The molecule has 0 bridgehead atoms. The summed E-state index contributed by atoms with van der Waals surface area (Å²) < 4.78 is 5.01. The van der Waals surface area contributed by atoms with E-state index in [4.69, 9.17) is 4.74 Å². The normalized spacial score (nSPS) is 27.5. The minimum absolute atomic E-state index is 0.0910. The summed E-state index contributed by atoms with van der Waals surface area (Å²) in [5.74, 6) is 0.616. The second-order valence-electron chi connectivity index (χ2n) is 4.89. The van der Waals surface area contributed by atoms with E-state index < -0.39 is 0 Å². The second-order valence-corrected chi connectivity index (χ2v) is 4.89. The first-order valence-corrected chi connectivity index (χ1v) is 5.17. The summed E-state index contributed by atoms with van der Waals surface area (Å²) in [4.78, 5) is 4.18. The molecule has 15 heavy (non-hydrogen) atoms. The predicted octanol–water partition coefficient (Wildman–Crippen LogP) is 1.75. The number of nitrogens with zero attached hydrogens (tertiary/aromatic N) is 1. The standard InChI is InChI=1S/C12H17NO2/c1-11(2)7-12(11,8-14)9-4-5-10(15-3)13-6-9/h4-6,14H,7-8H2,1-3H3.